The van der Waals surface area contributed by atoms with Gasteiger partial charge in [-0.1, -0.05) is 0 Å². The van der Waals surface area contributed by atoms with Gasteiger partial charge in [0, 0.05) is 5.69 Å². The van der Waals surface area contributed by atoms with E-state index in [0.29, 0.717) is 22.7 Å². The summed E-state index contributed by atoms with van der Waals surface area (Å²) in [6.07, 6.45) is 0. The zero-order chi connectivity index (χ0) is 13.8. The number of nitriles is 1. The Bertz CT molecular complexity index is 657. The van der Waals surface area contributed by atoms with Crippen molar-refractivity contribution in [3.8, 4) is 17.6 Å². The summed E-state index contributed by atoms with van der Waals surface area (Å²) in [5.74, 6) is 0.398. The first-order valence-electron chi connectivity index (χ1n) is 5.47. The molecule has 0 atom stereocenters. The molecule has 0 aliphatic carbocycles. The van der Waals surface area contributed by atoms with Crippen LogP contribution in [0.25, 0.3) is 0 Å². The number of primary amides is 1. The monoisotopic (exact) mass is 253 g/mol. The van der Waals surface area contributed by atoms with Crippen LogP contribution in [-0.4, -0.2) is 5.91 Å². The standard InChI is InChI=1S/C14H11N3O2/c15-8-9-1-3-10(4-2-9)19-11-5-6-13(16)12(7-11)14(17)18/h1-7H,16H2,(H2,17,18). The van der Waals surface area contributed by atoms with Gasteiger partial charge in [-0.2, -0.15) is 5.26 Å². The molecule has 2 aromatic rings. The number of carbonyl (C=O) groups excluding carboxylic acids is 1. The van der Waals surface area contributed by atoms with Crippen molar-refractivity contribution in [3.05, 3.63) is 53.6 Å². The van der Waals surface area contributed by atoms with E-state index in [-0.39, 0.29) is 5.56 Å². The van der Waals surface area contributed by atoms with Gasteiger partial charge in [-0.15, -0.1) is 0 Å². The molecule has 5 heteroatoms. The molecular weight excluding hydrogens is 242 g/mol. The van der Waals surface area contributed by atoms with E-state index in [1.807, 2.05) is 6.07 Å². The lowest BCUT2D eigenvalue weighted by Gasteiger charge is -2.08. The van der Waals surface area contributed by atoms with Crippen LogP contribution in [0.3, 0.4) is 0 Å². The molecule has 0 spiro atoms. The number of benzene rings is 2. The van der Waals surface area contributed by atoms with Crippen molar-refractivity contribution in [2.24, 2.45) is 5.73 Å². The number of nitrogens with zero attached hydrogens (tertiary/aromatic N) is 1. The maximum atomic E-state index is 11.2. The first-order valence-corrected chi connectivity index (χ1v) is 5.47. The van der Waals surface area contributed by atoms with Crippen LogP contribution in [-0.2, 0) is 0 Å². The molecule has 0 bridgehead atoms. The number of ether oxygens (including phenoxy) is 1. The first-order chi connectivity index (χ1) is 9.10. The molecule has 0 radical (unpaired) electrons. The number of amides is 1. The van der Waals surface area contributed by atoms with E-state index in [1.54, 1.807) is 36.4 Å². The average Bonchev–Trinajstić information content (AvgIpc) is 2.41. The molecule has 2 rings (SSSR count). The summed E-state index contributed by atoms with van der Waals surface area (Å²) in [7, 11) is 0. The highest BCUT2D eigenvalue weighted by molar-refractivity contribution is 5.98. The van der Waals surface area contributed by atoms with E-state index in [9.17, 15) is 4.79 Å². The number of carbonyl (C=O) groups is 1. The fourth-order valence-electron chi connectivity index (χ4n) is 1.55. The van der Waals surface area contributed by atoms with Gasteiger partial charge in [-0.05, 0) is 42.5 Å². The molecule has 19 heavy (non-hydrogen) atoms. The van der Waals surface area contributed by atoms with E-state index in [0.717, 1.165) is 0 Å². The van der Waals surface area contributed by atoms with Crippen molar-refractivity contribution in [2.75, 3.05) is 5.73 Å². The van der Waals surface area contributed by atoms with Gasteiger partial charge >= 0.3 is 0 Å². The van der Waals surface area contributed by atoms with Crippen molar-refractivity contribution < 1.29 is 9.53 Å². The molecule has 0 saturated carbocycles. The molecule has 94 valence electrons. The summed E-state index contributed by atoms with van der Waals surface area (Å²) in [6.45, 7) is 0. The van der Waals surface area contributed by atoms with Crippen LogP contribution in [0.15, 0.2) is 42.5 Å². The number of nitrogen functional groups attached to an aromatic ring is 1. The molecule has 5 nitrogen and oxygen atoms in total. The van der Waals surface area contributed by atoms with Crippen molar-refractivity contribution in [1.29, 1.82) is 5.26 Å². The maximum absolute atomic E-state index is 11.2. The second-order valence-corrected chi connectivity index (χ2v) is 3.85. The molecular formula is C14H11N3O2. The van der Waals surface area contributed by atoms with Crippen LogP contribution >= 0.6 is 0 Å². The number of anilines is 1. The molecule has 0 saturated heterocycles. The van der Waals surface area contributed by atoms with Crippen LogP contribution < -0.4 is 16.2 Å². The summed E-state index contributed by atoms with van der Waals surface area (Å²) in [4.78, 5) is 11.2. The Morgan fingerprint density at radius 3 is 2.32 bits per heavy atom. The predicted octanol–water partition coefficient (Wildman–Crippen LogP) is 2.03. The lowest BCUT2D eigenvalue weighted by Crippen LogP contribution is -2.13. The third-order valence-electron chi connectivity index (χ3n) is 2.51. The van der Waals surface area contributed by atoms with Gasteiger partial charge in [-0.25, -0.2) is 0 Å². The number of nitrogens with two attached hydrogens (primary N) is 2. The van der Waals surface area contributed by atoms with Crippen LogP contribution in [0.2, 0.25) is 0 Å². The lowest BCUT2D eigenvalue weighted by molar-refractivity contribution is 0.100. The fourth-order valence-corrected chi connectivity index (χ4v) is 1.55. The second-order valence-electron chi connectivity index (χ2n) is 3.85. The molecule has 0 fully saturated rings. The Labute approximate surface area is 110 Å². The fraction of sp³-hybridized carbons (Fsp3) is 0. The summed E-state index contributed by atoms with van der Waals surface area (Å²) in [5.41, 5.74) is 11.9. The molecule has 4 N–H and O–H groups in total. The zero-order valence-electron chi connectivity index (χ0n) is 9.96. The second kappa shape index (κ2) is 5.10. The highest BCUT2D eigenvalue weighted by Gasteiger charge is 2.08. The summed E-state index contributed by atoms with van der Waals surface area (Å²) < 4.78 is 5.55. The molecule has 0 aliphatic rings. The zero-order valence-corrected chi connectivity index (χ0v) is 9.96. The van der Waals surface area contributed by atoms with E-state index >= 15 is 0 Å². The van der Waals surface area contributed by atoms with E-state index in [4.69, 9.17) is 21.5 Å². The van der Waals surface area contributed by atoms with Gasteiger partial charge < -0.3 is 16.2 Å². The van der Waals surface area contributed by atoms with E-state index in [2.05, 4.69) is 0 Å². The number of hydrogen-bond donors (Lipinski definition) is 2. The molecule has 1 amide bonds. The van der Waals surface area contributed by atoms with Crippen LogP contribution in [0.4, 0.5) is 5.69 Å². The van der Waals surface area contributed by atoms with Gasteiger partial charge in [0.2, 0.25) is 0 Å². The quantitative estimate of drug-likeness (QED) is 0.817. The third-order valence-corrected chi connectivity index (χ3v) is 2.51. The molecule has 2 aromatic carbocycles. The van der Waals surface area contributed by atoms with Crippen molar-refractivity contribution in [3.63, 3.8) is 0 Å². The maximum Gasteiger partial charge on any atom is 0.250 e. The number of hydrogen-bond acceptors (Lipinski definition) is 4. The Hall–Kier alpha value is -3.00. The van der Waals surface area contributed by atoms with Gasteiger partial charge in [-0.3, -0.25) is 4.79 Å². The minimum Gasteiger partial charge on any atom is -0.457 e. The van der Waals surface area contributed by atoms with Crippen molar-refractivity contribution >= 4 is 11.6 Å². The molecule has 0 aliphatic heterocycles. The van der Waals surface area contributed by atoms with Gasteiger partial charge in [0.15, 0.2) is 0 Å². The first kappa shape index (κ1) is 12.5. The van der Waals surface area contributed by atoms with Crippen LogP contribution in [0.1, 0.15) is 15.9 Å². The minimum absolute atomic E-state index is 0.214. The largest absolute Gasteiger partial charge is 0.457 e. The highest BCUT2D eigenvalue weighted by Crippen LogP contribution is 2.25. The Morgan fingerprint density at radius 2 is 1.74 bits per heavy atom. The summed E-state index contributed by atoms with van der Waals surface area (Å²) >= 11 is 0. The topological polar surface area (TPSA) is 102 Å². The summed E-state index contributed by atoms with van der Waals surface area (Å²) in [5, 5.41) is 8.69. The third kappa shape index (κ3) is 2.82. The smallest absolute Gasteiger partial charge is 0.250 e. The lowest BCUT2D eigenvalue weighted by atomic mass is 10.1. The van der Waals surface area contributed by atoms with Crippen LogP contribution in [0, 0.1) is 11.3 Å². The minimum atomic E-state index is -0.609. The molecule has 0 aromatic heterocycles. The normalized spacial score (nSPS) is 9.63. The van der Waals surface area contributed by atoms with Gasteiger partial charge in [0.05, 0.1) is 17.2 Å². The number of rotatable bonds is 3. The predicted molar refractivity (Wildman–Crippen MR) is 70.6 cm³/mol. The van der Waals surface area contributed by atoms with E-state index in [1.165, 1.54) is 6.07 Å². The van der Waals surface area contributed by atoms with E-state index < -0.39 is 5.91 Å². The van der Waals surface area contributed by atoms with Gasteiger partial charge in [0.25, 0.3) is 5.91 Å². The molecule has 0 heterocycles. The molecule has 0 unspecified atom stereocenters. The summed E-state index contributed by atoms with van der Waals surface area (Å²) in [6, 6.07) is 13.3. The SMILES string of the molecule is N#Cc1ccc(Oc2ccc(N)c(C(N)=O)c2)cc1. The van der Waals surface area contributed by atoms with Crippen LogP contribution in [0.5, 0.6) is 11.5 Å². The average molecular weight is 253 g/mol. The van der Waals surface area contributed by atoms with Crippen molar-refractivity contribution in [2.45, 2.75) is 0 Å². The highest BCUT2D eigenvalue weighted by atomic mass is 16.5. The Morgan fingerprint density at radius 1 is 1.11 bits per heavy atom. The van der Waals surface area contributed by atoms with Gasteiger partial charge in [0.1, 0.15) is 11.5 Å². The Balaban J connectivity index is 2.25. The van der Waals surface area contributed by atoms with Crippen molar-refractivity contribution in [1.82, 2.24) is 0 Å². The Kier molecular flexibility index (Phi) is 3.35.